The van der Waals surface area contributed by atoms with Gasteiger partial charge in [-0.3, -0.25) is 9.69 Å². The monoisotopic (exact) mass is 417 g/mol. The van der Waals surface area contributed by atoms with E-state index >= 15 is 0 Å². The molecule has 30 heavy (non-hydrogen) atoms. The number of hydrogen-bond donors (Lipinski definition) is 1. The molecule has 9 nitrogen and oxygen atoms in total. The molecule has 1 aliphatic heterocycles. The number of methoxy groups -OCH3 is 3. The van der Waals surface area contributed by atoms with Gasteiger partial charge in [0, 0.05) is 50.0 Å². The molecule has 1 fully saturated rings. The first-order chi connectivity index (χ1) is 14.5. The molecular formula is C21H27N3O6. The van der Waals surface area contributed by atoms with Crippen LogP contribution in [0, 0.1) is 0 Å². The van der Waals surface area contributed by atoms with Crippen molar-refractivity contribution >= 4 is 6.09 Å². The number of nitrogens with zero attached hydrogens (tertiary/aromatic N) is 3. The Morgan fingerprint density at radius 1 is 1.00 bits per heavy atom. The molecule has 162 valence electrons. The maximum absolute atomic E-state index is 12.7. The molecule has 1 saturated heterocycles. The maximum Gasteiger partial charge on any atom is 0.409 e. The van der Waals surface area contributed by atoms with Gasteiger partial charge in [0.05, 0.1) is 27.9 Å². The van der Waals surface area contributed by atoms with Crippen LogP contribution in [0.25, 0.3) is 0 Å². The normalized spacial score (nSPS) is 14.4. The second kappa shape index (κ2) is 9.53. The molecule has 0 radical (unpaired) electrons. The summed E-state index contributed by atoms with van der Waals surface area (Å²) >= 11 is 0. The van der Waals surface area contributed by atoms with Crippen LogP contribution in [0.4, 0.5) is 4.79 Å². The van der Waals surface area contributed by atoms with E-state index in [0.29, 0.717) is 49.8 Å². The van der Waals surface area contributed by atoms with Gasteiger partial charge in [0.25, 0.3) is 5.56 Å². The highest BCUT2D eigenvalue weighted by molar-refractivity contribution is 5.67. The number of para-hydroxylation sites is 1. The first-order valence-corrected chi connectivity index (χ1v) is 9.64. The number of aromatic hydroxyl groups is 1. The van der Waals surface area contributed by atoms with Crippen molar-refractivity contribution in [2.75, 3.05) is 47.5 Å². The van der Waals surface area contributed by atoms with Gasteiger partial charge in [0.15, 0.2) is 17.2 Å². The third kappa shape index (κ3) is 4.51. The van der Waals surface area contributed by atoms with Crippen LogP contribution in [0.3, 0.4) is 0 Å². The molecule has 1 aromatic carbocycles. The molecule has 0 aliphatic carbocycles. The standard InChI is InChI=1S/C21H27N3O6/c1-28-17-6-4-5-16(19(17)29-2)14-24-8-7-15(18(25)20(24)26)13-22-9-11-23(12-10-22)21(27)30-3/h4-8,25H,9-14H2,1-3H3. The van der Waals surface area contributed by atoms with E-state index in [0.717, 1.165) is 5.56 Å². The van der Waals surface area contributed by atoms with Crippen LogP contribution in [0.5, 0.6) is 17.2 Å². The Morgan fingerprint density at radius 3 is 2.37 bits per heavy atom. The summed E-state index contributed by atoms with van der Waals surface area (Å²) in [6.45, 7) is 3.03. The van der Waals surface area contributed by atoms with E-state index in [-0.39, 0.29) is 18.4 Å². The number of aromatic nitrogens is 1. The van der Waals surface area contributed by atoms with Gasteiger partial charge in [-0.25, -0.2) is 4.79 Å². The van der Waals surface area contributed by atoms with E-state index in [2.05, 4.69) is 4.90 Å². The number of ether oxygens (including phenoxy) is 3. The van der Waals surface area contributed by atoms with Crippen LogP contribution in [-0.2, 0) is 17.8 Å². The molecule has 1 aliphatic rings. The number of benzene rings is 1. The van der Waals surface area contributed by atoms with Crippen molar-refractivity contribution in [2.24, 2.45) is 0 Å². The van der Waals surface area contributed by atoms with E-state index in [1.807, 2.05) is 12.1 Å². The average Bonchev–Trinajstić information content (AvgIpc) is 2.78. The largest absolute Gasteiger partial charge is 0.503 e. The van der Waals surface area contributed by atoms with Gasteiger partial charge in [-0.05, 0) is 12.1 Å². The van der Waals surface area contributed by atoms with Gasteiger partial charge in [0.2, 0.25) is 0 Å². The number of rotatable bonds is 6. The molecule has 0 saturated carbocycles. The predicted molar refractivity (Wildman–Crippen MR) is 110 cm³/mol. The van der Waals surface area contributed by atoms with Crippen LogP contribution < -0.4 is 15.0 Å². The Kier molecular flexibility index (Phi) is 6.83. The fourth-order valence-corrected chi connectivity index (χ4v) is 3.57. The van der Waals surface area contributed by atoms with Crippen molar-refractivity contribution in [2.45, 2.75) is 13.1 Å². The van der Waals surface area contributed by atoms with Crippen molar-refractivity contribution in [3.8, 4) is 17.2 Å². The second-order valence-corrected chi connectivity index (χ2v) is 7.01. The smallest absolute Gasteiger partial charge is 0.409 e. The summed E-state index contributed by atoms with van der Waals surface area (Å²) in [7, 11) is 4.47. The third-order valence-corrected chi connectivity index (χ3v) is 5.25. The number of carbonyl (C=O) groups is 1. The van der Waals surface area contributed by atoms with Crippen LogP contribution in [0.15, 0.2) is 35.3 Å². The van der Waals surface area contributed by atoms with Crippen LogP contribution in [0.1, 0.15) is 11.1 Å². The summed E-state index contributed by atoms with van der Waals surface area (Å²) in [5.74, 6) is 0.865. The quantitative estimate of drug-likeness (QED) is 0.761. The number of hydrogen-bond acceptors (Lipinski definition) is 7. The van der Waals surface area contributed by atoms with E-state index in [9.17, 15) is 14.7 Å². The number of carbonyl (C=O) groups excluding carboxylic acids is 1. The molecule has 9 heteroatoms. The predicted octanol–water partition coefficient (Wildman–Crippen LogP) is 1.50. The Hall–Kier alpha value is -3.20. The van der Waals surface area contributed by atoms with Crippen molar-refractivity contribution in [3.05, 3.63) is 51.9 Å². The lowest BCUT2D eigenvalue weighted by Crippen LogP contribution is -2.48. The molecule has 3 rings (SSSR count). The molecule has 1 amide bonds. The van der Waals surface area contributed by atoms with Gasteiger partial charge in [-0.1, -0.05) is 12.1 Å². The van der Waals surface area contributed by atoms with Gasteiger partial charge < -0.3 is 28.8 Å². The van der Waals surface area contributed by atoms with E-state index < -0.39 is 5.56 Å². The molecule has 0 atom stereocenters. The molecule has 2 aromatic rings. The fraction of sp³-hybridized carbons (Fsp3) is 0.429. The molecular weight excluding hydrogens is 390 g/mol. The SMILES string of the molecule is COC(=O)N1CCN(Cc2ccn(Cc3cccc(OC)c3OC)c(=O)c2O)CC1. The Bertz CT molecular complexity index is 950. The Morgan fingerprint density at radius 2 is 1.73 bits per heavy atom. The van der Waals surface area contributed by atoms with Crippen LogP contribution in [0.2, 0.25) is 0 Å². The van der Waals surface area contributed by atoms with Crippen molar-refractivity contribution in [3.63, 3.8) is 0 Å². The number of piperazine rings is 1. The lowest BCUT2D eigenvalue weighted by Gasteiger charge is -2.33. The highest BCUT2D eigenvalue weighted by Gasteiger charge is 2.22. The lowest BCUT2D eigenvalue weighted by molar-refractivity contribution is 0.0885. The molecule has 1 N–H and O–H groups in total. The average molecular weight is 417 g/mol. The zero-order valence-electron chi connectivity index (χ0n) is 17.5. The first-order valence-electron chi connectivity index (χ1n) is 9.64. The zero-order chi connectivity index (χ0) is 21.7. The Balaban J connectivity index is 1.73. The zero-order valence-corrected chi connectivity index (χ0v) is 17.5. The third-order valence-electron chi connectivity index (χ3n) is 5.25. The van der Waals surface area contributed by atoms with Gasteiger partial charge in [-0.15, -0.1) is 0 Å². The summed E-state index contributed by atoms with van der Waals surface area (Å²) in [6.07, 6.45) is 1.33. The molecule has 0 spiro atoms. The van der Waals surface area contributed by atoms with Crippen LogP contribution >= 0.6 is 0 Å². The van der Waals surface area contributed by atoms with E-state index in [1.54, 1.807) is 37.4 Å². The minimum atomic E-state index is -0.467. The summed E-state index contributed by atoms with van der Waals surface area (Å²) in [4.78, 5) is 28.0. The fourth-order valence-electron chi connectivity index (χ4n) is 3.57. The van der Waals surface area contributed by atoms with Crippen molar-refractivity contribution in [1.82, 2.24) is 14.4 Å². The minimum absolute atomic E-state index is 0.241. The van der Waals surface area contributed by atoms with Crippen LogP contribution in [-0.4, -0.2) is 73.1 Å². The highest BCUT2D eigenvalue weighted by Crippen LogP contribution is 2.31. The topological polar surface area (TPSA) is 93.5 Å². The summed E-state index contributed by atoms with van der Waals surface area (Å²) in [6, 6.07) is 7.20. The summed E-state index contributed by atoms with van der Waals surface area (Å²) < 4.78 is 16.9. The maximum atomic E-state index is 12.7. The van der Waals surface area contributed by atoms with Gasteiger partial charge in [0.1, 0.15) is 0 Å². The molecule has 0 unspecified atom stereocenters. The molecule has 1 aromatic heterocycles. The molecule has 0 bridgehead atoms. The molecule has 2 heterocycles. The summed E-state index contributed by atoms with van der Waals surface area (Å²) in [5, 5.41) is 10.5. The number of amides is 1. The summed E-state index contributed by atoms with van der Waals surface area (Å²) in [5.41, 5.74) is 0.857. The van der Waals surface area contributed by atoms with E-state index in [4.69, 9.17) is 14.2 Å². The Labute approximate surface area is 175 Å². The highest BCUT2D eigenvalue weighted by atomic mass is 16.5. The second-order valence-electron chi connectivity index (χ2n) is 7.01. The minimum Gasteiger partial charge on any atom is -0.503 e. The van der Waals surface area contributed by atoms with E-state index in [1.165, 1.54) is 11.7 Å². The van der Waals surface area contributed by atoms with Crippen molar-refractivity contribution < 1.29 is 24.1 Å². The lowest BCUT2D eigenvalue weighted by atomic mass is 10.1. The van der Waals surface area contributed by atoms with Crippen molar-refractivity contribution in [1.29, 1.82) is 0 Å². The van der Waals surface area contributed by atoms with Gasteiger partial charge >= 0.3 is 6.09 Å². The van der Waals surface area contributed by atoms with Gasteiger partial charge in [-0.2, -0.15) is 0 Å². The number of pyridine rings is 1. The first kappa shape index (κ1) is 21.5.